The summed E-state index contributed by atoms with van der Waals surface area (Å²) in [6.07, 6.45) is 0. The Morgan fingerprint density at radius 3 is 2.48 bits per heavy atom. The first kappa shape index (κ1) is 22.5. The molecule has 2 amide bonds. The van der Waals surface area contributed by atoms with Crippen LogP contribution in [0.2, 0.25) is 0 Å². The fraction of sp³-hybridized carbons (Fsp3) is 0.308. The van der Waals surface area contributed by atoms with Gasteiger partial charge in [-0.05, 0) is 28.8 Å². The summed E-state index contributed by atoms with van der Waals surface area (Å²) in [7, 11) is 0. The minimum Gasteiger partial charge on any atom is -0.369 e. The van der Waals surface area contributed by atoms with Crippen LogP contribution in [-0.4, -0.2) is 36.0 Å². The van der Waals surface area contributed by atoms with E-state index in [2.05, 4.69) is 23.5 Å². The van der Waals surface area contributed by atoms with Gasteiger partial charge in [-0.15, -0.1) is 0 Å². The molecule has 1 heterocycles. The second-order valence-corrected chi connectivity index (χ2v) is 7.34. The van der Waals surface area contributed by atoms with Gasteiger partial charge in [0.25, 0.3) is 0 Å². The molecule has 5 heteroatoms. The Morgan fingerprint density at radius 1 is 1.03 bits per heavy atom. The van der Waals surface area contributed by atoms with E-state index in [4.69, 9.17) is 4.74 Å². The molecular formula is C26H30N2O3. The SMILES string of the molecule is CC.C[C@@H](NC(=O)C1COCC(=O)N1Cc1ccccc1)c1cccc2ccccc12. The molecular weight excluding hydrogens is 388 g/mol. The van der Waals surface area contributed by atoms with Crippen molar-refractivity contribution in [3.8, 4) is 0 Å². The van der Waals surface area contributed by atoms with Gasteiger partial charge in [0, 0.05) is 6.54 Å². The molecule has 0 bridgehead atoms. The quantitative estimate of drug-likeness (QED) is 0.665. The van der Waals surface area contributed by atoms with Crippen molar-refractivity contribution in [3.05, 3.63) is 83.9 Å². The van der Waals surface area contributed by atoms with Crippen LogP contribution < -0.4 is 5.32 Å². The van der Waals surface area contributed by atoms with Crippen LogP contribution in [0.3, 0.4) is 0 Å². The van der Waals surface area contributed by atoms with Crippen molar-refractivity contribution in [1.82, 2.24) is 10.2 Å². The third-order valence-corrected chi connectivity index (χ3v) is 5.34. The Labute approximate surface area is 184 Å². The Kier molecular flexibility index (Phi) is 7.79. The van der Waals surface area contributed by atoms with Crippen LogP contribution in [-0.2, 0) is 20.9 Å². The van der Waals surface area contributed by atoms with E-state index in [9.17, 15) is 9.59 Å². The van der Waals surface area contributed by atoms with Crippen molar-refractivity contribution in [3.63, 3.8) is 0 Å². The number of carbonyl (C=O) groups is 2. The first-order chi connectivity index (χ1) is 15.1. The zero-order valence-corrected chi connectivity index (χ0v) is 18.4. The summed E-state index contributed by atoms with van der Waals surface area (Å²) in [4.78, 5) is 27.2. The molecule has 1 aliphatic heterocycles. The maximum absolute atomic E-state index is 13.1. The molecule has 0 saturated carbocycles. The number of fused-ring (bicyclic) bond motifs is 1. The molecule has 0 aliphatic carbocycles. The minimum atomic E-state index is -0.645. The van der Waals surface area contributed by atoms with Crippen molar-refractivity contribution in [2.75, 3.05) is 13.2 Å². The van der Waals surface area contributed by atoms with Crippen molar-refractivity contribution in [2.24, 2.45) is 0 Å². The van der Waals surface area contributed by atoms with E-state index in [1.807, 2.05) is 75.4 Å². The van der Waals surface area contributed by atoms with Crippen LogP contribution in [0.15, 0.2) is 72.8 Å². The molecule has 1 unspecified atom stereocenters. The topological polar surface area (TPSA) is 58.6 Å². The average Bonchev–Trinajstić information content (AvgIpc) is 2.82. The summed E-state index contributed by atoms with van der Waals surface area (Å²) in [5.41, 5.74) is 2.04. The van der Waals surface area contributed by atoms with Crippen LogP contribution in [0.4, 0.5) is 0 Å². The molecule has 31 heavy (non-hydrogen) atoms. The number of amides is 2. The molecule has 1 aliphatic rings. The van der Waals surface area contributed by atoms with Gasteiger partial charge in [-0.2, -0.15) is 0 Å². The van der Waals surface area contributed by atoms with Gasteiger partial charge in [-0.1, -0.05) is 86.6 Å². The van der Waals surface area contributed by atoms with Crippen LogP contribution in [0.25, 0.3) is 10.8 Å². The van der Waals surface area contributed by atoms with E-state index in [1.165, 1.54) is 0 Å². The first-order valence-corrected chi connectivity index (χ1v) is 10.8. The molecule has 0 spiro atoms. The Morgan fingerprint density at radius 2 is 1.71 bits per heavy atom. The summed E-state index contributed by atoms with van der Waals surface area (Å²) in [5.74, 6) is -0.368. The lowest BCUT2D eigenvalue weighted by molar-refractivity contribution is -0.155. The largest absolute Gasteiger partial charge is 0.369 e. The number of nitrogens with zero attached hydrogens (tertiary/aromatic N) is 1. The Hall–Kier alpha value is -3.18. The van der Waals surface area contributed by atoms with Crippen molar-refractivity contribution < 1.29 is 14.3 Å². The van der Waals surface area contributed by atoms with E-state index in [0.717, 1.165) is 21.9 Å². The van der Waals surface area contributed by atoms with Gasteiger partial charge >= 0.3 is 0 Å². The average molecular weight is 419 g/mol. The molecule has 3 aromatic rings. The second-order valence-electron chi connectivity index (χ2n) is 7.34. The minimum absolute atomic E-state index is 0.00941. The number of hydrogen-bond acceptors (Lipinski definition) is 3. The van der Waals surface area contributed by atoms with Gasteiger partial charge < -0.3 is 15.0 Å². The zero-order valence-electron chi connectivity index (χ0n) is 18.4. The van der Waals surface area contributed by atoms with Crippen molar-refractivity contribution in [1.29, 1.82) is 0 Å². The number of hydrogen-bond donors (Lipinski definition) is 1. The summed E-state index contributed by atoms with van der Waals surface area (Å²) in [5, 5.41) is 5.32. The van der Waals surface area contributed by atoms with Crippen molar-refractivity contribution >= 4 is 22.6 Å². The Balaban J connectivity index is 0.00000132. The molecule has 1 fully saturated rings. The van der Waals surface area contributed by atoms with E-state index >= 15 is 0 Å². The van der Waals surface area contributed by atoms with Gasteiger partial charge in [-0.3, -0.25) is 9.59 Å². The number of rotatable bonds is 5. The molecule has 0 radical (unpaired) electrons. The maximum atomic E-state index is 13.1. The summed E-state index contributed by atoms with van der Waals surface area (Å²) >= 11 is 0. The summed E-state index contributed by atoms with van der Waals surface area (Å²) in [6, 6.07) is 23.1. The molecule has 5 nitrogen and oxygen atoms in total. The van der Waals surface area contributed by atoms with E-state index in [1.54, 1.807) is 4.90 Å². The number of carbonyl (C=O) groups excluding carboxylic acids is 2. The fourth-order valence-corrected chi connectivity index (χ4v) is 3.82. The molecule has 1 saturated heterocycles. The predicted octanol–water partition coefficient (Wildman–Crippen LogP) is 4.47. The van der Waals surface area contributed by atoms with E-state index in [0.29, 0.717) is 6.54 Å². The zero-order chi connectivity index (χ0) is 22.2. The number of ether oxygens (including phenoxy) is 1. The molecule has 3 aromatic carbocycles. The van der Waals surface area contributed by atoms with Gasteiger partial charge in [0.1, 0.15) is 12.6 Å². The molecule has 162 valence electrons. The normalized spacial score (nSPS) is 16.9. The van der Waals surface area contributed by atoms with Gasteiger partial charge in [0.05, 0.1) is 12.6 Å². The smallest absolute Gasteiger partial charge is 0.249 e. The number of morpholine rings is 1. The lowest BCUT2D eigenvalue weighted by Crippen LogP contribution is -2.56. The van der Waals surface area contributed by atoms with E-state index < -0.39 is 6.04 Å². The van der Waals surface area contributed by atoms with Crippen LogP contribution in [0.1, 0.15) is 37.9 Å². The fourth-order valence-electron chi connectivity index (χ4n) is 3.82. The molecule has 0 aromatic heterocycles. The standard InChI is InChI=1S/C24H24N2O3.C2H6/c1-17(20-13-7-11-19-10-5-6-12-21(19)20)25-24(28)22-15-29-16-23(27)26(22)14-18-8-3-2-4-9-18;1-2/h2-13,17,22H,14-16H2,1H3,(H,25,28);1-2H3/t17-,22?;/m1./s1. The third kappa shape index (κ3) is 5.30. The molecule has 2 atom stereocenters. The Bertz CT molecular complexity index is 1010. The number of nitrogens with one attached hydrogen (secondary N) is 1. The van der Waals surface area contributed by atoms with Crippen LogP contribution in [0, 0.1) is 0 Å². The maximum Gasteiger partial charge on any atom is 0.249 e. The van der Waals surface area contributed by atoms with E-state index in [-0.39, 0.29) is 31.1 Å². The highest BCUT2D eigenvalue weighted by atomic mass is 16.5. The van der Waals surface area contributed by atoms with Gasteiger partial charge in [0.2, 0.25) is 11.8 Å². The lowest BCUT2D eigenvalue weighted by atomic mass is 9.99. The molecule has 1 N–H and O–H groups in total. The third-order valence-electron chi connectivity index (χ3n) is 5.34. The highest BCUT2D eigenvalue weighted by molar-refractivity contribution is 5.90. The van der Waals surface area contributed by atoms with Crippen molar-refractivity contribution in [2.45, 2.75) is 39.4 Å². The predicted molar refractivity (Wildman–Crippen MR) is 123 cm³/mol. The van der Waals surface area contributed by atoms with Gasteiger partial charge in [0.15, 0.2) is 0 Å². The first-order valence-electron chi connectivity index (χ1n) is 10.8. The monoisotopic (exact) mass is 418 g/mol. The summed E-state index contributed by atoms with van der Waals surface area (Å²) in [6.45, 7) is 6.57. The highest BCUT2D eigenvalue weighted by Crippen LogP contribution is 2.24. The second kappa shape index (κ2) is 10.7. The summed E-state index contributed by atoms with van der Waals surface area (Å²) < 4.78 is 5.39. The van der Waals surface area contributed by atoms with Crippen LogP contribution >= 0.6 is 0 Å². The van der Waals surface area contributed by atoms with Crippen LogP contribution in [0.5, 0.6) is 0 Å². The number of benzene rings is 3. The lowest BCUT2D eigenvalue weighted by Gasteiger charge is -2.35. The molecule has 4 rings (SSSR count). The van der Waals surface area contributed by atoms with Gasteiger partial charge in [-0.25, -0.2) is 0 Å². The highest BCUT2D eigenvalue weighted by Gasteiger charge is 2.34.